The van der Waals surface area contributed by atoms with Crippen molar-refractivity contribution >= 4 is 27.1 Å². The highest BCUT2D eigenvalue weighted by Crippen LogP contribution is 2.44. The highest BCUT2D eigenvalue weighted by Gasteiger charge is 2.37. The van der Waals surface area contributed by atoms with E-state index in [-0.39, 0.29) is 34.1 Å². The van der Waals surface area contributed by atoms with Crippen LogP contribution in [-0.2, 0) is 16.2 Å². The number of benzene rings is 2. The maximum Gasteiger partial charge on any atom is 0.418 e. The number of para-hydroxylation sites is 1. The van der Waals surface area contributed by atoms with Gasteiger partial charge in [0.25, 0.3) is 10.0 Å². The van der Waals surface area contributed by atoms with Crippen LogP contribution in [-0.4, -0.2) is 24.1 Å². The number of sulfonamides is 1. The van der Waals surface area contributed by atoms with Crippen molar-refractivity contribution in [3.8, 4) is 5.75 Å². The molecule has 3 aromatic rings. The molecule has 0 bridgehead atoms. The summed E-state index contributed by atoms with van der Waals surface area (Å²) in [5.41, 5.74) is -0.614. The molecule has 0 spiro atoms. The van der Waals surface area contributed by atoms with E-state index in [1.165, 1.54) is 24.3 Å². The second-order valence-electron chi connectivity index (χ2n) is 7.48. The van der Waals surface area contributed by atoms with Crippen LogP contribution in [0.4, 0.5) is 28.9 Å². The van der Waals surface area contributed by atoms with Crippen molar-refractivity contribution in [3.63, 3.8) is 0 Å². The number of hydrogen-bond donors (Lipinski definition) is 2. The lowest BCUT2D eigenvalue weighted by molar-refractivity contribution is -0.137. The minimum atomic E-state index is -4.60. The zero-order valence-electron chi connectivity index (χ0n) is 17.4. The molecule has 12 heteroatoms. The van der Waals surface area contributed by atoms with E-state index >= 15 is 0 Å². The van der Waals surface area contributed by atoms with Crippen LogP contribution in [0, 0.1) is 12.7 Å². The smallest absolute Gasteiger partial charge is 0.418 e. The lowest BCUT2D eigenvalue weighted by Crippen LogP contribution is -2.18. The molecule has 0 radical (unpaired) electrons. The highest BCUT2D eigenvalue weighted by molar-refractivity contribution is 7.92. The summed E-state index contributed by atoms with van der Waals surface area (Å²) < 4.78 is 87.6. The topological polar surface area (TPSA) is 96.4 Å². The second kappa shape index (κ2) is 8.18. The molecule has 0 aliphatic carbocycles. The molecule has 1 unspecified atom stereocenters. The first-order valence-corrected chi connectivity index (χ1v) is 11.2. The molecular weight excluding hydrogens is 464 g/mol. The quantitative estimate of drug-likeness (QED) is 0.483. The number of fused-ring (bicyclic) bond motifs is 1. The van der Waals surface area contributed by atoms with Crippen LogP contribution in [0.15, 0.2) is 52.6 Å². The van der Waals surface area contributed by atoms with Gasteiger partial charge in [0, 0.05) is 23.8 Å². The fraction of sp³-hybridized carbons (Fsp3) is 0.238. The normalized spacial score (nSPS) is 16.2. The highest BCUT2D eigenvalue weighted by atomic mass is 32.2. The fourth-order valence-electron chi connectivity index (χ4n) is 3.45. The van der Waals surface area contributed by atoms with Gasteiger partial charge in [0.1, 0.15) is 11.9 Å². The van der Waals surface area contributed by atoms with E-state index in [2.05, 4.69) is 19.7 Å². The van der Waals surface area contributed by atoms with E-state index < -0.39 is 33.7 Å². The number of nitrogens with zero attached hydrogens (tertiary/aromatic N) is 2. The molecule has 4 rings (SSSR count). The van der Waals surface area contributed by atoms with Gasteiger partial charge in [0.2, 0.25) is 0 Å². The molecule has 2 N–H and O–H groups in total. The first kappa shape index (κ1) is 22.8. The van der Waals surface area contributed by atoms with Crippen molar-refractivity contribution in [2.45, 2.75) is 37.6 Å². The van der Waals surface area contributed by atoms with Crippen molar-refractivity contribution in [2.75, 3.05) is 4.72 Å². The van der Waals surface area contributed by atoms with Gasteiger partial charge in [-0.3, -0.25) is 9.71 Å². The predicted octanol–water partition coefficient (Wildman–Crippen LogP) is 5.29. The summed E-state index contributed by atoms with van der Waals surface area (Å²) in [6.07, 6.45) is -4.20. The summed E-state index contributed by atoms with van der Waals surface area (Å²) in [5.74, 6) is -0.728. The molecule has 1 atom stereocenters. The number of aryl methyl sites for hydroxylation is 1. The Hall–Kier alpha value is -3.41. The summed E-state index contributed by atoms with van der Waals surface area (Å²) in [4.78, 5) is 10.4. The summed E-state index contributed by atoms with van der Waals surface area (Å²) >= 11 is 0. The number of ether oxygens (including phenoxy) is 1. The molecule has 1 aliphatic heterocycles. The monoisotopic (exact) mass is 482 g/mol. The van der Waals surface area contributed by atoms with Gasteiger partial charge in [0.05, 0.1) is 23.1 Å². The average molecular weight is 482 g/mol. The third-order valence-electron chi connectivity index (χ3n) is 4.93. The van der Waals surface area contributed by atoms with E-state index in [9.17, 15) is 26.0 Å². The zero-order valence-corrected chi connectivity index (χ0v) is 18.2. The molecule has 0 saturated carbocycles. The Balaban J connectivity index is 1.59. The Kier molecular flexibility index (Phi) is 5.64. The number of hydrogen-bond acceptors (Lipinski definition) is 5. The molecule has 174 valence electrons. The lowest BCUT2D eigenvalue weighted by Gasteiger charge is -2.26. The molecular formula is C21H18F4N4O3S. The number of halogens is 4. The Morgan fingerprint density at radius 1 is 1.18 bits per heavy atom. The summed E-state index contributed by atoms with van der Waals surface area (Å²) in [6, 6.07) is 7.06. The Morgan fingerprint density at radius 3 is 2.58 bits per heavy atom. The Labute approximate surface area is 186 Å². The van der Waals surface area contributed by atoms with Crippen LogP contribution in [0.3, 0.4) is 0 Å². The average Bonchev–Trinajstić information content (AvgIpc) is 3.16. The third kappa shape index (κ3) is 4.70. The molecule has 2 aromatic carbocycles. The van der Waals surface area contributed by atoms with Crippen LogP contribution in [0.1, 0.15) is 36.4 Å². The van der Waals surface area contributed by atoms with Crippen molar-refractivity contribution < 1.29 is 30.7 Å². The molecule has 33 heavy (non-hydrogen) atoms. The zero-order chi connectivity index (χ0) is 24.0. The number of anilines is 1. The van der Waals surface area contributed by atoms with Gasteiger partial charge in [-0.05, 0) is 32.0 Å². The Morgan fingerprint density at radius 2 is 1.94 bits per heavy atom. The number of rotatable bonds is 5. The minimum Gasteiger partial charge on any atom is -0.482 e. The standard InChI is InChI=1S/C21H18F4N4O3S/c1-11-8-18(14-4-3-5-15(20(14)27-11)21(23,24)25)32-17-7-6-13(9-16(17)22)29-33(30,31)19-10-26-12(2)28-19/h3-7,9-10,18,29H,8H2,1-2H3,(H,26,28). The number of nitrogens with one attached hydrogen (secondary N) is 2. The van der Waals surface area contributed by atoms with Crippen LogP contribution in [0.2, 0.25) is 0 Å². The van der Waals surface area contributed by atoms with E-state index in [1.54, 1.807) is 13.8 Å². The SMILES string of the molecule is CC1=Nc2c(cccc2C(F)(F)F)C(Oc2ccc(NS(=O)(=O)c3cnc(C)[nH]3)cc2F)C1. The van der Waals surface area contributed by atoms with Crippen LogP contribution in [0.25, 0.3) is 0 Å². The molecule has 0 fully saturated rings. The van der Waals surface area contributed by atoms with Crippen LogP contribution in [0.5, 0.6) is 5.75 Å². The van der Waals surface area contributed by atoms with Gasteiger partial charge in [-0.25, -0.2) is 9.37 Å². The molecule has 7 nitrogen and oxygen atoms in total. The van der Waals surface area contributed by atoms with Crippen molar-refractivity contribution in [2.24, 2.45) is 4.99 Å². The second-order valence-corrected chi connectivity index (χ2v) is 9.13. The van der Waals surface area contributed by atoms with E-state index in [0.717, 1.165) is 18.3 Å². The van der Waals surface area contributed by atoms with Crippen molar-refractivity contribution in [1.82, 2.24) is 9.97 Å². The van der Waals surface area contributed by atoms with Gasteiger partial charge < -0.3 is 9.72 Å². The minimum absolute atomic E-state index is 0.0618. The molecule has 0 saturated heterocycles. The van der Waals surface area contributed by atoms with Gasteiger partial charge in [-0.1, -0.05) is 12.1 Å². The predicted molar refractivity (Wildman–Crippen MR) is 113 cm³/mol. The first-order chi connectivity index (χ1) is 15.4. The van der Waals surface area contributed by atoms with Crippen molar-refractivity contribution in [3.05, 3.63) is 65.4 Å². The summed E-state index contributed by atoms with van der Waals surface area (Å²) in [5, 5.41) is -0.185. The molecule has 1 aromatic heterocycles. The maximum absolute atomic E-state index is 14.7. The Bertz CT molecular complexity index is 1350. The number of imidazole rings is 1. The van der Waals surface area contributed by atoms with Gasteiger partial charge >= 0.3 is 6.18 Å². The molecule has 0 amide bonds. The summed E-state index contributed by atoms with van der Waals surface area (Å²) in [7, 11) is -4.01. The van der Waals surface area contributed by atoms with Gasteiger partial charge in [-0.2, -0.15) is 21.6 Å². The largest absolute Gasteiger partial charge is 0.482 e. The number of alkyl halides is 3. The van der Waals surface area contributed by atoms with Gasteiger partial charge in [0.15, 0.2) is 16.6 Å². The fourth-order valence-corrected chi connectivity index (χ4v) is 4.47. The van der Waals surface area contributed by atoms with E-state index in [0.29, 0.717) is 11.5 Å². The number of H-pyrrole nitrogens is 1. The summed E-state index contributed by atoms with van der Waals surface area (Å²) in [6.45, 7) is 3.15. The van der Waals surface area contributed by atoms with Crippen LogP contribution >= 0.6 is 0 Å². The van der Waals surface area contributed by atoms with E-state index in [1.807, 2.05) is 0 Å². The van der Waals surface area contributed by atoms with Gasteiger partial charge in [-0.15, -0.1) is 0 Å². The first-order valence-electron chi connectivity index (χ1n) is 9.69. The maximum atomic E-state index is 14.7. The van der Waals surface area contributed by atoms with Crippen molar-refractivity contribution in [1.29, 1.82) is 0 Å². The molecule has 1 aliphatic rings. The number of aliphatic imine (C=N–C) groups is 1. The number of aromatic nitrogens is 2. The molecule has 2 heterocycles. The lowest BCUT2D eigenvalue weighted by atomic mass is 9.95. The van der Waals surface area contributed by atoms with E-state index in [4.69, 9.17) is 4.74 Å². The van der Waals surface area contributed by atoms with Crippen LogP contribution < -0.4 is 9.46 Å². The number of aromatic amines is 1. The third-order valence-corrected chi connectivity index (χ3v) is 6.22.